The van der Waals surface area contributed by atoms with Crippen molar-refractivity contribution in [1.82, 2.24) is 0 Å². The third-order valence-corrected chi connectivity index (χ3v) is 3.33. The van der Waals surface area contributed by atoms with E-state index in [1.54, 1.807) is 37.6 Å². The van der Waals surface area contributed by atoms with E-state index in [-0.39, 0.29) is 17.5 Å². The number of benzene rings is 2. The van der Waals surface area contributed by atoms with Gasteiger partial charge in [0.2, 0.25) is 0 Å². The molecule has 0 aliphatic carbocycles. The van der Waals surface area contributed by atoms with Crippen molar-refractivity contribution in [2.75, 3.05) is 14.2 Å². The zero-order valence-electron chi connectivity index (χ0n) is 12.7. The minimum atomic E-state index is -0.425. The fourth-order valence-electron chi connectivity index (χ4n) is 1.98. The predicted octanol–water partition coefficient (Wildman–Crippen LogP) is 3.73. The van der Waals surface area contributed by atoms with Crippen LogP contribution in [0.15, 0.2) is 41.4 Å². The minimum Gasteiger partial charge on any atom is -0.507 e. The average Bonchev–Trinajstić information content (AvgIpc) is 2.53. The summed E-state index contributed by atoms with van der Waals surface area (Å²) >= 11 is 0. The highest BCUT2D eigenvalue weighted by atomic mass is 19.1. The van der Waals surface area contributed by atoms with Crippen molar-refractivity contribution in [3.05, 3.63) is 53.3 Å². The van der Waals surface area contributed by atoms with Crippen molar-refractivity contribution in [1.29, 1.82) is 0 Å². The number of ether oxygens (including phenoxy) is 2. The summed E-state index contributed by atoms with van der Waals surface area (Å²) in [7, 11) is 2.97. The molecule has 0 spiro atoms. The maximum Gasteiger partial charge on any atom is 0.165 e. The number of aliphatic imine (C=N–C) groups is 1. The van der Waals surface area contributed by atoms with Crippen LogP contribution < -0.4 is 9.47 Å². The van der Waals surface area contributed by atoms with Gasteiger partial charge in [-0.15, -0.1) is 0 Å². The standard InChI is InChI=1S/C17H18FNO3/c1-11(12-4-7-17(22-3)15(18)9-12)19-10-13-8-14(21-2)5-6-16(13)20/h4-11,20H,1-3H3/t11-/m0/s1. The van der Waals surface area contributed by atoms with E-state index in [0.717, 1.165) is 5.56 Å². The summed E-state index contributed by atoms with van der Waals surface area (Å²) in [6.07, 6.45) is 1.55. The van der Waals surface area contributed by atoms with Gasteiger partial charge in [-0.1, -0.05) is 6.07 Å². The van der Waals surface area contributed by atoms with Crippen LogP contribution in [0.2, 0.25) is 0 Å². The molecule has 2 aromatic carbocycles. The number of hydrogen-bond acceptors (Lipinski definition) is 4. The Morgan fingerprint density at radius 1 is 1.14 bits per heavy atom. The molecule has 5 heteroatoms. The molecule has 116 valence electrons. The minimum absolute atomic E-state index is 0.109. The number of halogens is 1. The summed E-state index contributed by atoms with van der Waals surface area (Å²) < 4.78 is 23.7. The molecule has 0 bridgehead atoms. The second kappa shape index (κ2) is 6.93. The fourth-order valence-corrected chi connectivity index (χ4v) is 1.98. The summed E-state index contributed by atoms with van der Waals surface area (Å²) in [5, 5.41) is 9.80. The van der Waals surface area contributed by atoms with Crippen LogP contribution in [0.4, 0.5) is 4.39 Å². The first-order chi connectivity index (χ1) is 10.5. The van der Waals surface area contributed by atoms with Crippen LogP contribution in [0.5, 0.6) is 17.2 Å². The third-order valence-electron chi connectivity index (χ3n) is 3.33. The van der Waals surface area contributed by atoms with Crippen molar-refractivity contribution in [2.24, 2.45) is 4.99 Å². The van der Waals surface area contributed by atoms with E-state index >= 15 is 0 Å². The zero-order chi connectivity index (χ0) is 16.1. The fraction of sp³-hybridized carbons (Fsp3) is 0.235. The molecule has 0 heterocycles. The van der Waals surface area contributed by atoms with Crippen molar-refractivity contribution in [3.8, 4) is 17.2 Å². The first-order valence-corrected chi connectivity index (χ1v) is 6.78. The lowest BCUT2D eigenvalue weighted by Gasteiger charge is -2.09. The summed E-state index contributed by atoms with van der Waals surface area (Å²) in [5.74, 6) is 0.511. The molecule has 0 saturated carbocycles. The Bertz CT molecular complexity index is 686. The van der Waals surface area contributed by atoms with E-state index in [2.05, 4.69) is 4.99 Å². The Labute approximate surface area is 128 Å². The molecule has 0 saturated heterocycles. The van der Waals surface area contributed by atoms with Gasteiger partial charge in [0.25, 0.3) is 0 Å². The molecule has 4 nitrogen and oxygen atoms in total. The van der Waals surface area contributed by atoms with Crippen LogP contribution in [0.3, 0.4) is 0 Å². The molecule has 0 aliphatic heterocycles. The second-order valence-corrected chi connectivity index (χ2v) is 4.77. The van der Waals surface area contributed by atoms with E-state index in [1.807, 2.05) is 6.92 Å². The van der Waals surface area contributed by atoms with Gasteiger partial charge >= 0.3 is 0 Å². The molecule has 0 aliphatic rings. The highest BCUT2D eigenvalue weighted by molar-refractivity contribution is 5.84. The van der Waals surface area contributed by atoms with Gasteiger partial charge in [-0.05, 0) is 42.8 Å². The lowest BCUT2D eigenvalue weighted by atomic mass is 10.1. The zero-order valence-corrected chi connectivity index (χ0v) is 12.7. The van der Waals surface area contributed by atoms with Crippen LogP contribution >= 0.6 is 0 Å². The van der Waals surface area contributed by atoms with Crippen LogP contribution in [0.25, 0.3) is 0 Å². The Morgan fingerprint density at radius 3 is 2.55 bits per heavy atom. The van der Waals surface area contributed by atoms with Crippen LogP contribution in [-0.4, -0.2) is 25.5 Å². The van der Waals surface area contributed by atoms with Gasteiger partial charge in [0.05, 0.1) is 20.3 Å². The van der Waals surface area contributed by atoms with Gasteiger partial charge in [0, 0.05) is 11.8 Å². The number of methoxy groups -OCH3 is 2. The summed E-state index contributed by atoms with van der Waals surface area (Å²) in [6.45, 7) is 1.84. The van der Waals surface area contributed by atoms with Crippen molar-refractivity contribution in [3.63, 3.8) is 0 Å². The van der Waals surface area contributed by atoms with Gasteiger partial charge in [0.1, 0.15) is 11.5 Å². The maximum atomic E-state index is 13.7. The Kier molecular flexibility index (Phi) is 4.99. The van der Waals surface area contributed by atoms with E-state index < -0.39 is 5.82 Å². The molecule has 0 fully saturated rings. The first-order valence-electron chi connectivity index (χ1n) is 6.78. The monoisotopic (exact) mass is 303 g/mol. The highest BCUT2D eigenvalue weighted by Gasteiger charge is 2.08. The number of nitrogens with zero attached hydrogens (tertiary/aromatic N) is 1. The van der Waals surface area contributed by atoms with Gasteiger partial charge in [0.15, 0.2) is 11.6 Å². The Balaban J connectivity index is 2.21. The Hall–Kier alpha value is -2.56. The summed E-state index contributed by atoms with van der Waals surface area (Å²) in [5.41, 5.74) is 1.26. The van der Waals surface area contributed by atoms with Gasteiger partial charge in [-0.3, -0.25) is 4.99 Å². The first kappa shape index (κ1) is 15.8. The third kappa shape index (κ3) is 3.55. The molecule has 0 radical (unpaired) electrons. The Morgan fingerprint density at radius 2 is 1.91 bits per heavy atom. The molecule has 22 heavy (non-hydrogen) atoms. The number of aromatic hydroxyl groups is 1. The van der Waals surface area contributed by atoms with Crippen molar-refractivity contribution >= 4 is 6.21 Å². The van der Waals surface area contributed by atoms with E-state index in [0.29, 0.717) is 11.3 Å². The molecular weight excluding hydrogens is 285 g/mol. The molecule has 1 atom stereocenters. The average molecular weight is 303 g/mol. The largest absolute Gasteiger partial charge is 0.507 e. The number of phenols is 1. The molecule has 2 rings (SSSR count). The van der Waals surface area contributed by atoms with Crippen molar-refractivity contribution < 1.29 is 19.0 Å². The molecule has 0 unspecified atom stereocenters. The quantitative estimate of drug-likeness (QED) is 0.856. The van der Waals surface area contributed by atoms with Crippen LogP contribution in [0.1, 0.15) is 24.1 Å². The van der Waals surface area contributed by atoms with E-state index in [9.17, 15) is 9.50 Å². The lowest BCUT2D eigenvalue weighted by Crippen LogP contribution is -1.95. The molecule has 2 aromatic rings. The molecule has 0 amide bonds. The molecule has 0 aromatic heterocycles. The van der Waals surface area contributed by atoms with Gasteiger partial charge in [-0.25, -0.2) is 4.39 Å². The topological polar surface area (TPSA) is 51.0 Å². The number of phenolic OH excluding ortho intramolecular Hbond substituents is 1. The number of hydrogen-bond donors (Lipinski definition) is 1. The van der Waals surface area contributed by atoms with Gasteiger partial charge in [-0.2, -0.15) is 0 Å². The number of rotatable bonds is 5. The van der Waals surface area contributed by atoms with Crippen molar-refractivity contribution in [2.45, 2.75) is 13.0 Å². The molecular formula is C17H18FNO3. The molecule has 1 N–H and O–H groups in total. The normalized spacial score (nSPS) is 12.4. The maximum absolute atomic E-state index is 13.7. The summed E-state index contributed by atoms with van der Waals surface area (Å²) in [4.78, 5) is 4.35. The van der Waals surface area contributed by atoms with Crippen LogP contribution in [0, 0.1) is 5.82 Å². The van der Waals surface area contributed by atoms with E-state index in [1.165, 1.54) is 19.2 Å². The van der Waals surface area contributed by atoms with E-state index in [4.69, 9.17) is 9.47 Å². The predicted molar refractivity (Wildman–Crippen MR) is 83.6 cm³/mol. The smallest absolute Gasteiger partial charge is 0.165 e. The lowest BCUT2D eigenvalue weighted by molar-refractivity contribution is 0.386. The van der Waals surface area contributed by atoms with Gasteiger partial charge < -0.3 is 14.6 Å². The SMILES string of the molecule is COc1ccc(O)c(C=N[C@@H](C)c2ccc(OC)c(F)c2)c1. The summed E-state index contributed by atoms with van der Waals surface area (Å²) in [6, 6.07) is 9.35. The second-order valence-electron chi connectivity index (χ2n) is 4.77. The van der Waals surface area contributed by atoms with Crippen LogP contribution in [-0.2, 0) is 0 Å². The highest BCUT2D eigenvalue weighted by Crippen LogP contribution is 2.25.